The molecule has 1 aromatic carbocycles. The summed E-state index contributed by atoms with van der Waals surface area (Å²) < 4.78 is 5.79. The molecule has 2 heterocycles. The normalized spacial score (nSPS) is 17.5. The van der Waals surface area contributed by atoms with Gasteiger partial charge in [-0.3, -0.25) is 15.3 Å². The number of nitrogens with zero attached hydrogens (tertiary/aromatic N) is 3. The van der Waals surface area contributed by atoms with Gasteiger partial charge in [-0.15, -0.1) is 0 Å². The van der Waals surface area contributed by atoms with Crippen molar-refractivity contribution in [3.05, 3.63) is 35.8 Å². The zero-order chi connectivity index (χ0) is 21.3. The van der Waals surface area contributed by atoms with Crippen molar-refractivity contribution in [3.8, 4) is 5.75 Å². The van der Waals surface area contributed by atoms with Crippen LogP contribution in [0.3, 0.4) is 0 Å². The second kappa shape index (κ2) is 8.38. The number of nitrogens with one attached hydrogen (secondary N) is 3. The number of carbonyl (C=O) groups is 1. The Morgan fingerprint density at radius 1 is 1.27 bits per heavy atom. The smallest absolute Gasteiger partial charge is 0.225 e. The highest BCUT2D eigenvalue weighted by Gasteiger charge is 2.34. The molecule has 4 rings (SSSR count). The topological polar surface area (TPSA) is 97.3 Å². The van der Waals surface area contributed by atoms with Crippen molar-refractivity contribution in [3.63, 3.8) is 0 Å². The van der Waals surface area contributed by atoms with Gasteiger partial charge in [-0.25, -0.2) is 0 Å². The maximum atomic E-state index is 12.3. The molecule has 30 heavy (non-hydrogen) atoms. The van der Waals surface area contributed by atoms with Crippen molar-refractivity contribution in [2.24, 2.45) is 5.92 Å². The monoisotopic (exact) mass is 410 g/mol. The van der Waals surface area contributed by atoms with Gasteiger partial charge >= 0.3 is 0 Å². The zero-order valence-corrected chi connectivity index (χ0v) is 17.9. The predicted octanol–water partition coefficient (Wildman–Crippen LogP) is 2.33. The van der Waals surface area contributed by atoms with Gasteiger partial charge in [-0.2, -0.15) is 5.10 Å². The van der Waals surface area contributed by atoms with E-state index in [9.17, 15) is 4.79 Å². The van der Waals surface area contributed by atoms with Gasteiger partial charge in [-0.05, 0) is 44.9 Å². The highest BCUT2D eigenvalue weighted by Crippen LogP contribution is 2.31. The molecule has 160 valence electrons. The molecule has 1 saturated carbocycles. The van der Waals surface area contributed by atoms with Crippen LogP contribution in [0.15, 0.2) is 30.1 Å². The summed E-state index contributed by atoms with van der Waals surface area (Å²) in [5.41, 5.74) is 1.79. The Balaban J connectivity index is 1.48. The molecule has 8 heteroatoms. The minimum absolute atomic E-state index is 0.0819. The van der Waals surface area contributed by atoms with Crippen LogP contribution in [0.25, 0.3) is 10.9 Å². The third-order valence-corrected chi connectivity index (χ3v) is 5.56. The molecule has 8 nitrogen and oxygen atoms in total. The van der Waals surface area contributed by atoms with Crippen LogP contribution in [0.2, 0.25) is 0 Å². The first-order valence-electron chi connectivity index (χ1n) is 10.6. The van der Waals surface area contributed by atoms with Gasteiger partial charge in [0.25, 0.3) is 0 Å². The third kappa shape index (κ3) is 4.27. The molecule has 0 bridgehead atoms. The largest absolute Gasteiger partial charge is 0.491 e. The van der Waals surface area contributed by atoms with E-state index in [4.69, 9.17) is 10.1 Å². The quantitative estimate of drug-likeness (QED) is 0.609. The molecule has 1 saturated heterocycles. The fourth-order valence-corrected chi connectivity index (χ4v) is 3.83. The molecule has 3 N–H and O–H groups in total. The zero-order valence-electron chi connectivity index (χ0n) is 17.9. The van der Waals surface area contributed by atoms with E-state index in [1.807, 2.05) is 50.1 Å². The Kier molecular flexibility index (Phi) is 5.65. The highest BCUT2D eigenvalue weighted by molar-refractivity contribution is 6.13. The maximum absolute atomic E-state index is 12.3. The SMILES string of the molecule is CN/C(=C\C(=N)c1n[nH]c2ccc(OC(C)C)cc12)N1CCN(C(=O)C2CC2)CC1. The van der Waals surface area contributed by atoms with Gasteiger partial charge in [0.05, 0.1) is 17.3 Å². The third-order valence-electron chi connectivity index (χ3n) is 5.56. The lowest BCUT2D eigenvalue weighted by atomic mass is 10.1. The van der Waals surface area contributed by atoms with Gasteiger partial charge in [-0.1, -0.05) is 0 Å². The van der Waals surface area contributed by atoms with Crippen molar-refractivity contribution in [1.29, 1.82) is 5.41 Å². The molecular formula is C22H30N6O2. The fraction of sp³-hybridized carbons (Fsp3) is 0.500. The Hall–Kier alpha value is -3.03. The van der Waals surface area contributed by atoms with Gasteiger partial charge in [0.2, 0.25) is 5.91 Å². The highest BCUT2D eigenvalue weighted by atomic mass is 16.5. The number of carbonyl (C=O) groups excluding carboxylic acids is 1. The summed E-state index contributed by atoms with van der Waals surface area (Å²) in [5.74, 6) is 2.20. The van der Waals surface area contributed by atoms with E-state index in [-0.39, 0.29) is 12.0 Å². The van der Waals surface area contributed by atoms with Crippen molar-refractivity contribution in [1.82, 2.24) is 25.3 Å². The van der Waals surface area contributed by atoms with Crippen LogP contribution >= 0.6 is 0 Å². The standard InChI is InChI=1S/C22H30N6O2/c1-14(2)30-16-6-7-19-17(12-16)21(26-25-19)18(23)13-20(24-3)27-8-10-28(11-9-27)22(29)15-4-5-15/h6-7,12-15,23-24H,4-5,8-11H2,1-3H3,(H,25,26)/b20-13+,23-18?. The van der Waals surface area contributed by atoms with E-state index >= 15 is 0 Å². The number of aromatic nitrogens is 2. The van der Waals surface area contributed by atoms with E-state index < -0.39 is 0 Å². The maximum Gasteiger partial charge on any atom is 0.225 e. The van der Waals surface area contributed by atoms with Gasteiger partial charge in [0.15, 0.2) is 0 Å². The molecule has 2 aliphatic rings. The Bertz CT molecular complexity index is 967. The lowest BCUT2D eigenvalue weighted by molar-refractivity contribution is -0.134. The summed E-state index contributed by atoms with van der Waals surface area (Å²) in [6.07, 6.45) is 3.97. The van der Waals surface area contributed by atoms with Crippen LogP contribution in [0.5, 0.6) is 5.75 Å². The molecule has 0 atom stereocenters. The number of hydrogen-bond acceptors (Lipinski definition) is 6. The summed E-state index contributed by atoms with van der Waals surface area (Å²) in [7, 11) is 1.86. The first kappa shape index (κ1) is 20.3. The van der Waals surface area contributed by atoms with E-state index in [0.717, 1.165) is 61.5 Å². The van der Waals surface area contributed by atoms with E-state index in [1.165, 1.54) is 0 Å². The first-order chi connectivity index (χ1) is 14.5. The molecular weight excluding hydrogens is 380 g/mol. The number of ether oxygens (including phenoxy) is 1. The number of aromatic amines is 1. The number of amides is 1. The van der Waals surface area contributed by atoms with Crippen LogP contribution in [-0.2, 0) is 4.79 Å². The molecule has 1 aromatic heterocycles. The minimum Gasteiger partial charge on any atom is -0.491 e. The van der Waals surface area contributed by atoms with Crippen molar-refractivity contribution >= 4 is 22.5 Å². The van der Waals surface area contributed by atoms with Crippen molar-refractivity contribution in [2.75, 3.05) is 33.2 Å². The number of fused-ring (bicyclic) bond motifs is 1. The van der Waals surface area contributed by atoms with E-state index in [1.54, 1.807) is 0 Å². The molecule has 0 unspecified atom stereocenters. The number of hydrogen-bond donors (Lipinski definition) is 3. The number of benzene rings is 1. The first-order valence-corrected chi connectivity index (χ1v) is 10.6. The number of H-pyrrole nitrogens is 1. The van der Waals surface area contributed by atoms with E-state index in [0.29, 0.717) is 17.3 Å². The molecule has 1 aliphatic heterocycles. The van der Waals surface area contributed by atoms with Crippen LogP contribution in [0.1, 0.15) is 32.4 Å². The van der Waals surface area contributed by atoms with Crippen LogP contribution in [-0.4, -0.2) is 70.9 Å². The summed E-state index contributed by atoms with van der Waals surface area (Å²) in [6.45, 7) is 6.94. The lowest BCUT2D eigenvalue weighted by Crippen LogP contribution is -2.50. The second-order valence-corrected chi connectivity index (χ2v) is 8.23. The molecule has 0 radical (unpaired) electrons. The fourth-order valence-electron chi connectivity index (χ4n) is 3.83. The Labute approximate surface area is 176 Å². The number of allylic oxidation sites excluding steroid dienone is 1. The summed E-state index contributed by atoms with van der Waals surface area (Å²) in [4.78, 5) is 16.4. The van der Waals surface area contributed by atoms with Crippen molar-refractivity contribution in [2.45, 2.75) is 32.8 Å². The molecule has 1 amide bonds. The van der Waals surface area contributed by atoms with Crippen molar-refractivity contribution < 1.29 is 9.53 Å². The lowest BCUT2D eigenvalue weighted by Gasteiger charge is -2.37. The average molecular weight is 411 g/mol. The van der Waals surface area contributed by atoms with Gasteiger partial charge in [0.1, 0.15) is 17.3 Å². The summed E-state index contributed by atoms with van der Waals surface area (Å²) in [6, 6.07) is 5.76. The number of rotatable bonds is 7. The van der Waals surface area contributed by atoms with E-state index in [2.05, 4.69) is 20.4 Å². The Morgan fingerprint density at radius 2 is 1.97 bits per heavy atom. The van der Waals surface area contributed by atoms with Gasteiger partial charge < -0.3 is 19.9 Å². The summed E-state index contributed by atoms with van der Waals surface area (Å²) in [5, 5.41) is 20.1. The molecule has 2 aromatic rings. The summed E-state index contributed by atoms with van der Waals surface area (Å²) >= 11 is 0. The minimum atomic E-state index is 0.0819. The van der Waals surface area contributed by atoms with Crippen LogP contribution in [0.4, 0.5) is 0 Å². The molecule has 0 spiro atoms. The van der Waals surface area contributed by atoms with Crippen LogP contribution < -0.4 is 10.1 Å². The predicted molar refractivity (Wildman–Crippen MR) is 117 cm³/mol. The average Bonchev–Trinajstić information content (AvgIpc) is 3.50. The number of piperazine rings is 1. The Morgan fingerprint density at radius 3 is 2.60 bits per heavy atom. The van der Waals surface area contributed by atoms with Crippen LogP contribution in [0, 0.1) is 11.3 Å². The molecule has 2 fully saturated rings. The second-order valence-electron chi connectivity index (χ2n) is 8.23. The van der Waals surface area contributed by atoms with Gasteiger partial charge in [0, 0.05) is 50.6 Å². The molecule has 1 aliphatic carbocycles.